The molecule has 35 heavy (non-hydrogen) atoms. The van der Waals surface area contributed by atoms with E-state index in [1.54, 1.807) is 7.11 Å². The molecular weight excluding hydrogens is 460 g/mol. The summed E-state index contributed by atoms with van der Waals surface area (Å²) in [5.74, 6) is 0.751. The minimum atomic E-state index is -0.692. The van der Waals surface area contributed by atoms with Gasteiger partial charge in [0.15, 0.2) is 5.13 Å². The number of carbonyl (C=O) groups is 1. The van der Waals surface area contributed by atoms with Gasteiger partial charge in [0.25, 0.3) is 0 Å². The molecule has 2 aromatic carbocycles. The van der Waals surface area contributed by atoms with Gasteiger partial charge < -0.3 is 20.1 Å². The molecule has 1 saturated heterocycles. The van der Waals surface area contributed by atoms with Crippen LogP contribution < -0.4 is 20.3 Å². The standard InChI is InChI=1S/C27H34N4O3S/c1-19(20-7-11-22(12-8-20)31-15-5-4-6-16-31)28-25(33)30-26-29-24(17-35-26)27(2,18-32)21-9-13-23(34-3)14-10-21/h7-14,17,19,32H,4-6,15-16,18H2,1-3H3,(H2,28,29,30,33). The van der Waals surface area contributed by atoms with E-state index in [-0.39, 0.29) is 18.7 Å². The lowest BCUT2D eigenvalue weighted by Crippen LogP contribution is -2.32. The van der Waals surface area contributed by atoms with Crippen molar-refractivity contribution < 1.29 is 14.6 Å². The van der Waals surface area contributed by atoms with Gasteiger partial charge in [-0.05, 0) is 68.5 Å². The van der Waals surface area contributed by atoms with Gasteiger partial charge in [0.2, 0.25) is 0 Å². The molecule has 2 heterocycles. The summed E-state index contributed by atoms with van der Waals surface area (Å²) >= 11 is 1.34. The van der Waals surface area contributed by atoms with Gasteiger partial charge in [0.1, 0.15) is 5.75 Å². The van der Waals surface area contributed by atoms with Gasteiger partial charge in [0, 0.05) is 24.2 Å². The van der Waals surface area contributed by atoms with Crippen LogP contribution in [0.4, 0.5) is 15.6 Å². The molecule has 2 unspecified atom stereocenters. The van der Waals surface area contributed by atoms with Gasteiger partial charge in [-0.25, -0.2) is 9.78 Å². The SMILES string of the molecule is COc1ccc(C(C)(CO)c2csc(NC(=O)NC(C)c3ccc(N4CCCCC4)cc3)n2)cc1. The highest BCUT2D eigenvalue weighted by molar-refractivity contribution is 7.13. The van der Waals surface area contributed by atoms with Crippen molar-refractivity contribution >= 4 is 28.2 Å². The number of nitrogens with zero attached hydrogens (tertiary/aromatic N) is 2. The van der Waals surface area contributed by atoms with E-state index in [0.29, 0.717) is 10.8 Å². The van der Waals surface area contributed by atoms with Crippen LogP contribution in [0.5, 0.6) is 5.75 Å². The van der Waals surface area contributed by atoms with Crippen molar-refractivity contribution in [3.05, 3.63) is 70.7 Å². The Morgan fingerprint density at radius 3 is 2.46 bits per heavy atom. The molecule has 3 aromatic rings. The Morgan fingerprint density at radius 1 is 1.14 bits per heavy atom. The van der Waals surface area contributed by atoms with Crippen molar-refractivity contribution in [1.29, 1.82) is 0 Å². The summed E-state index contributed by atoms with van der Waals surface area (Å²) in [5, 5.41) is 18.4. The maximum atomic E-state index is 12.7. The van der Waals surface area contributed by atoms with Crippen LogP contribution in [0.2, 0.25) is 0 Å². The normalized spacial score (nSPS) is 16.3. The first-order valence-corrected chi connectivity index (χ1v) is 12.9. The third-order valence-electron chi connectivity index (χ3n) is 6.80. The van der Waals surface area contributed by atoms with Gasteiger partial charge in [0.05, 0.1) is 30.9 Å². The first-order valence-electron chi connectivity index (χ1n) is 12.1. The smallest absolute Gasteiger partial charge is 0.321 e. The highest BCUT2D eigenvalue weighted by atomic mass is 32.1. The van der Waals surface area contributed by atoms with Crippen molar-refractivity contribution in [3.63, 3.8) is 0 Å². The van der Waals surface area contributed by atoms with E-state index in [1.807, 2.05) is 43.5 Å². The number of piperidine rings is 1. The number of carbonyl (C=O) groups excluding carboxylic acids is 1. The van der Waals surface area contributed by atoms with Crippen LogP contribution in [0.15, 0.2) is 53.9 Å². The fourth-order valence-electron chi connectivity index (χ4n) is 4.40. The summed E-state index contributed by atoms with van der Waals surface area (Å²) in [4.78, 5) is 19.7. The van der Waals surface area contributed by atoms with Crippen molar-refractivity contribution in [3.8, 4) is 5.75 Å². The van der Waals surface area contributed by atoms with Crippen LogP contribution in [-0.4, -0.2) is 42.9 Å². The lowest BCUT2D eigenvalue weighted by molar-refractivity contribution is 0.229. The van der Waals surface area contributed by atoms with E-state index < -0.39 is 5.41 Å². The molecule has 7 nitrogen and oxygen atoms in total. The van der Waals surface area contributed by atoms with E-state index in [4.69, 9.17) is 4.74 Å². The van der Waals surface area contributed by atoms with Crippen LogP contribution in [0.1, 0.15) is 56.0 Å². The first kappa shape index (κ1) is 25.0. The second kappa shape index (κ2) is 11.1. The fourth-order valence-corrected chi connectivity index (χ4v) is 5.24. The summed E-state index contributed by atoms with van der Waals surface area (Å²) in [7, 11) is 1.62. The minimum absolute atomic E-state index is 0.112. The lowest BCUT2D eigenvalue weighted by atomic mass is 9.81. The van der Waals surface area contributed by atoms with Crippen LogP contribution in [0.25, 0.3) is 0 Å². The molecule has 2 atom stereocenters. The minimum Gasteiger partial charge on any atom is -0.497 e. The first-order chi connectivity index (χ1) is 16.9. The Balaban J connectivity index is 1.37. The zero-order valence-electron chi connectivity index (χ0n) is 20.6. The summed E-state index contributed by atoms with van der Waals surface area (Å²) in [6, 6.07) is 15.6. The molecule has 1 aromatic heterocycles. The Kier molecular flexibility index (Phi) is 7.93. The van der Waals surface area contributed by atoms with Crippen molar-refractivity contribution in [2.24, 2.45) is 0 Å². The molecule has 0 radical (unpaired) electrons. The molecule has 2 amide bonds. The predicted molar refractivity (Wildman–Crippen MR) is 142 cm³/mol. The van der Waals surface area contributed by atoms with Gasteiger partial charge in [-0.15, -0.1) is 11.3 Å². The zero-order chi connectivity index (χ0) is 24.8. The van der Waals surface area contributed by atoms with Gasteiger partial charge in [-0.3, -0.25) is 5.32 Å². The maximum absolute atomic E-state index is 12.7. The van der Waals surface area contributed by atoms with Crippen molar-refractivity contribution in [2.45, 2.75) is 44.6 Å². The molecule has 4 rings (SSSR count). The molecule has 0 spiro atoms. The highest BCUT2D eigenvalue weighted by Gasteiger charge is 2.31. The second-order valence-electron chi connectivity index (χ2n) is 9.22. The van der Waals surface area contributed by atoms with E-state index in [2.05, 4.69) is 44.8 Å². The Bertz CT molecular complexity index is 1110. The molecule has 3 N–H and O–H groups in total. The number of benzene rings is 2. The Morgan fingerprint density at radius 2 is 1.83 bits per heavy atom. The largest absolute Gasteiger partial charge is 0.497 e. The average molecular weight is 495 g/mol. The Labute approximate surface area is 211 Å². The topological polar surface area (TPSA) is 86.7 Å². The van der Waals surface area contributed by atoms with Gasteiger partial charge in [-0.1, -0.05) is 24.3 Å². The third-order valence-corrected chi connectivity index (χ3v) is 7.55. The van der Waals surface area contributed by atoms with E-state index in [9.17, 15) is 9.90 Å². The number of urea groups is 1. The van der Waals surface area contributed by atoms with Crippen LogP contribution >= 0.6 is 11.3 Å². The molecule has 1 fully saturated rings. The van der Waals surface area contributed by atoms with Crippen LogP contribution in [0.3, 0.4) is 0 Å². The molecule has 1 aliphatic heterocycles. The Hall–Kier alpha value is -3.10. The number of thiazole rings is 1. The number of aromatic nitrogens is 1. The average Bonchev–Trinajstić information content (AvgIpc) is 3.37. The van der Waals surface area contributed by atoms with Crippen LogP contribution in [-0.2, 0) is 5.41 Å². The van der Waals surface area contributed by atoms with Crippen molar-refractivity contribution in [2.75, 3.05) is 37.0 Å². The quantitative estimate of drug-likeness (QED) is 0.394. The summed E-state index contributed by atoms with van der Waals surface area (Å²) < 4.78 is 5.23. The van der Waals surface area contributed by atoms with Crippen LogP contribution in [0, 0.1) is 0 Å². The fraction of sp³-hybridized carbons (Fsp3) is 0.407. The molecule has 0 aliphatic carbocycles. The van der Waals surface area contributed by atoms with Gasteiger partial charge in [-0.2, -0.15) is 0 Å². The molecule has 1 aliphatic rings. The maximum Gasteiger partial charge on any atom is 0.321 e. The summed E-state index contributed by atoms with van der Waals surface area (Å²) in [6.07, 6.45) is 3.80. The number of nitrogens with one attached hydrogen (secondary N) is 2. The highest BCUT2D eigenvalue weighted by Crippen LogP contribution is 2.34. The zero-order valence-corrected chi connectivity index (χ0v) is 21.4. The molecule has 0 saturated carbocycles. The number of rotatable bonds is 8. The van der Waals surface area contributed by atoms with E-state index >= 15 is 0 Å². The number of hydrogen-bond acceptors (Lipinski definition) is 6. The predicted octanol–water partition coefficient (Wildman–Crippen LogP) is 5.32. The summed E-state index contributed by atoms with van der Waals surface area (Å²) in [6.45, 7) is 6.01. The molecule has 186 valence electrons. The number of amides is 2. The molecule has 0 bridgehead atoms. The van der Waals surface area contributed by atoms with E-state index in [0.717, 1.165) is 30.0 Å². The number of aliphatic hydroxyl groups is 1. The van der Waals surface area contributed by atoms with Gasteiger partial charge >= 0.3 is 6.03 Å². The second-order valence-corrected chi connectivity index (χ2v) is 10.1. The van der Waals surface area contributed by atoms with E-state index in [1.165, 1.54) is 36.3 Å². The number of aliphatic hydroxyl groups excluding tert-OH is 1. The molecule has 8 heteroatoms. The number of ether oxygens (including phenoxy) is 1. The van der Waals surface area contributed by atoms with Crippen molar-refractivity contribution in [1.82, 2.24) is 10.3 Å². The number of hydrogen-bond donors (Lipinski definition) is 3. The third kappa shape index (κ3) is 5.77. The number of methoxy groups -OCH3 is 1. The monoisotopic (exact) mass is 494 g/mol. The number of anilines is 2. The lowest BCUT2D eigenvalue weighted by Gasteiger charge is -2.29. The molecular formula is C27H34N4O3S. The summed E-state index contributed by atoms with van der Waals surface area (Å²) in [5.41, 5.74) is 3.22.